The maximum atomic E-state index is 9.65. The minimum absolute atomic E-state index is 0.0408. The smallest absolute Gasteiger partial charge is 0.147 e. The Morgan fingerprint density at radius 2 is 1.31 bits per heavy atom. The molecule has 0 spiro atoms. The van der Waals surface area contributed by atoms with Crippen LogP contribution in [0.1, 0.15) is 12.8 Å². The lowest BCUT2D eigenvalue weighted by molar-refractivity contribution is -0.102. The van der Waals surface area contributed by atoms with Crippen LogP contribution in [0.4, 0.5) is 0 Å². The van der Waals surface area contributed by atoms with E-state index in [0.29, 0.717) is 45.9 Å². The molecule has 12 nitrogen and oxygen atoms in total. The Morgan fingerprint density at radius 3 is 1.84 bits per heavy atom. The molecule has 0 aromatic carbocycles. The zero-order valence-electron chi connectivity index (χ0n) is 18.4. The average Bonchev–Trinajstić information content (AvgIpc) is 3.52. The summed E-state index contributed by atoms with van der Waals surface area (Å²) in [6.07, 6.45) is -2.12. The predicted octanol–water partition coefficient (Wildman–Crippen LogP) is -1.98. The first-order chi connectivity index (χ1) is 15.6. The Balaban J connectivity index is 1.81. The van der Waals surface area contributed by atoms with Crippen LogP contribution in [0.15, 0.2) is 0 Å². The first-order valence-electron chi connectivity index (χ1n) is 11.0. The minimum Gasteiger partial charge on any atom is -0.394 e. The molecule has 0 amide bonds. The van der Waals surface area contributed by atoms with Crippen LogP contribution in [0.25, 0.3) is 0 Å². The van der Waals surface area contributed by atoms with Crippen LogP contribution in [0.5, 0.6) is 0 Å². The summed E-state index contributed by atoms with van der Waals surface area (Å²) in [6, 6.07) is 0. The summed E-state index contributed by atoms with van der Waals surface area (Å²) in [5.74, 6) is 0. The average molecular weight is 471 g/mol. The lowest BCUT2D eigenvalue weighted by Gasteiger charge is -2.26. The second-order valence-corrected chi connectivity index (χ2v) is 7.77. The van der Waals surface area contributed by atoms with Crippen molar-refractivity contribution in [2.75, 3.05) is 79.7 Å². The van der Waals surface area contributed by atoms with Crippen molar-refractivity contribution in [2.24, 2.45) is 0 Å². The lowest BCUT2D eigenvalue weighted by atomic mass is 10.1. The summed E-state index contributed by atoms with van der Waals surface area (Å²) >= 11 is 0. The molecule has 2 heterocycles. The van der Waals surface area contributed by atoms with Gasteiger partial charge in [0.15, 0.2) is 0 Å². The molecule has 0 aromatic rings. The Kier molecular flexibility index (Phi) is 14.8. The Bertz CT molecular complexity index is 444. The van der Waals surface area contributed by atoms with E-state index in [2.05, 4.69) is 0 Å². The van der Waals surface area contributed by atoms with E-state index in [1.165, 1.54) is 0 Å². The zero-order chi connectivity index (χ0) is 23.0. The number of aliphatic hydroxyl groups excluding tert-OH is 4. The molecule has 4 N–H and O–H groups in total. The third-order valence-electron chi connectivity index (χ3n) is 4.87. The molecular formula is C20H38O12. The number of rotatable bonds is 19. The van der Waals surface area contributed by atoms with Crippen molar-refractivity contribution < 1.29 is 58.3 Å². The van der Waals surface area contributed by atoms with Crippen LogP contribution < -0.4 is 0 Å². The molecule has 0 bridgehead atoms. The standard InChI is InChI=1S/C20H38O12/c21-4-15(23)6-29-17(1-2-25-9-19-11-27-13-31-19)3-18(30-7-16(24)5-22)8-26-10-20-12-28-14-32-20/h15-24H,1-14H2. The molecule has 2 aliphatic heterocycles. The van der Waals surface area contributed by atoms with Crippen molar-refractivity contribution >= 4 is 0 Å². The Hall–Kier alpha value is -0.480. The van der Waals surface area contributed by atoms with Gasteiger partial charge in [-0.1, -0.05) is 0 Å². The van der Waals surface area contributed by atoms with Gasteiger partial charge in [-0.15, -0.1) is 0 Å². The first kappa shape index (κ1) is 27.8. The molecule has 2 fully saturated rings. The highest BCUT2D eigenvalue weighted by molar-refractivity contribution is 4.70. The van der Waals surface area contributed by atoms with Crippen molar-refractivity contribution in [2.45, 2.75) is 49.5 Å². The Labute approximate surface area is 188 Å². The third-order valence-corrected chi connectivity index (χ3v) is 4.87. The van der Waals surface area contributed by atoms with Crippen molar-refractivity contribution in [3.05, 3.63) is 0 Å². The van der Waals surface area contributed by atoms with E-state index < -0.39 is 31.5 Å². The third kappa shape index (κ3) is 12.1. The van der Waals surface area contributed by atoms with Gasteiger partial charge in [0, 0.05) is 13.0 Å². The van der Waals surface area contributed by atoms with Crippen LogP contribution >= 0.6 is 0 Å². The van der Waals surface area contributed by atoms with E-state index in [0.717, 1.165) is 0 Å². The fraction of sp³-hybridized carbons (Fsp3) is 1.00. The quantitative estimate of drug-likeness (QED) is 0.155. The van der Waals surface area contributed by atoms with Crippen LogP contribution in [0.2, 0.25) is 0 Å². The summed E-state index contributed by atoms with van der Waals surface area (Å²) in [6.45, 7) is 1.91. The van der Waals surface area contributed by atoms with Gasteiger partial charge in [-0.2, -0.15) is 0 Å². The summed E-state index contributed by atoms with van der Waals surface area (Å²) < 4.78 is 43.8. The van der Waals surface area contributed by atoms with Gasteiger partial charge in [0.1, 0.15) is 38.0 Å². The Morgan fingerprint density at radius 1 is 0.750 bits per heavy atom. The highest BCUT2D eigenvalue weighted by Crippen LogP contribution is 2.14. The molecule has 0 radical (unpaired) electrons. The van der Waals surface area contributed by atoms with Crippen molar-refractivity contribution in [3.63, 3.8) is 0 Å². The molecule has 0 aromatic heterocycles. The molecule has 0 aliphatic carbocycles. The summed E-state index contributed by atoms with van der Waals surface area (Å²) in [5, 5.41) is 37.4. The van der Waals surface area contributed by atoms with Gasteiger partial charge in [-0.3, -0.25) is 0 Å². The SMILES string of the molecule is OCC(O)COC(CCOCC1COCO1)CC(COCC1COCO1)OCC(O)CO. The van der Waals surface area contributed by atoms with Gasteiger partial charge in [0.2, 0.25) is 0 Å². The number of hydrogen-bond donors (Lipinski definition) is 4. The van der Waals surface area contributed by atoms with Gasteiger partial charge in [-0.05, 0) is 6.42 Å². The first-order valence-corrected chi connectivity index (χ1v) is 11.0. The van der Waals surface area contributed by atoms with Crippen LogP contribution in [-0.2, 0) is 37.9 Å². The molecule has 2 aliphatic rings. The number of aliphatic hydroxyl groups is 4. The lowest BCUT2D eigenvalue weighted by Crippen LogP contribution is -2.34. The molecular weight excluding hydrogens is 432 g/mol. The molecule has 12 heteroatoms. The number of ether oxygens (including phenoxy) is 8. The van der Waals surface area contributed by atoms with Gasteiger partial charge in [0.25, 0.3) is 0 Å². The topological polar surface area (TPSA) is 155 Å². The number of hydrogen-bond acceptors (Lipinski definition) is 12. The fourth-order valence-corrected chi connectivity index (χ4v) is 3.04. The van der Waals surface area contributed by atoms with Crippen molar-refractivity contribution in [3.8, 4) is 0 Å². The maximum Gasteiger partial charge on any atom is 0.147 e. The predicted molar refractivity (Wildman–Crippen MR) is 108 cm³/mol. The summed E-state index contributed by atoms with van der Waals surface area (Å²) in [7, 11) is 0. The maximum absolute atomic E-state index is 9.65. The highest BCUT2D eigenvalue weighted by Gasteiger charge is 2.23. The molecule has 2 rings (SSSR count). The normalized spacial score (nSPS) is 25.1. The molecule has 190 valence electrons. The van der Waals surface area contributed by atoms with Crippen molar-refractivity contribution in [1.29, 1.82) is 0 Å². The second-order valence-electron chi connectivity index (χ2n) is 7.77. The second kappa shape index (κ2) is 17.0. The van der Waals surface area contributed by atoms with Crippen LogP contribution in [0.3, 0.4) is 0 Å². The zero-order valence-corrected chi connectivity index (χ0v) is 18.4. The van der Waals surface area contributed by atoms with E-state index in [1.54, 1.807) is 0 Å². The van der Waals surface area contributed by atoms with Gasteiger partial charge in [0.05, 0.1) is 71.7 Å². The largest absolute Gasteiger partial charge is 0.394 e. The molecule has 32 heavy (non-hydrogen) atoms. The van der Waals surface area contributed by atoms with Gasteiger partial charge < -0.3 is 58.3 Å². The van der Waals surface area contributed by atoms with Gasteiger partial charge in [-0.25, -0.2) is 0 Å². The molecule has 0 saturated carbocycles. The van der Waals surface area contributed by atoms with E-state index in [9.17, 15) is 10.2 Å². The highest BCUT2D eigenvalue weighted by atomic mass is 16.7. The molecule has 6 atom stereocenters. The molecule has 6 unspecified atom stereocenters. The van der Waals surface area contributed by atoms with E-state index in [1.807, 2.05) is 0 Å². The summed E-state index contributed by atoms with van der Waals surface area (Å²) in [5.41, 5.74) is 0. The van der Waals surface area contributed by atoms with E-state index >= 15 is 0 Å². The van der Waals surface area contributed by atoms with Crippen LogP contribution in [0, 0.1) is 0 Å². The van der Waals surface area contributed by atoms with E-state index in [4.69, 9.17) is 48.1 Å². The van der Waals surface area contributed by atoms with Crippen molar-refractivity contribution in [1.82, 2.24) is 0 Å². The van der Waals surface area contributed by atoms with Crippen LogP contribution in [-0.4, -0.2) is 137 Å². The summed E-state index contributed by atoms with van der Waals surface area (Å²) in [4.78, 5) is 0. The fourth-order valence-electron chi connectivity index (χ4n) is 3.04. The van der Waals surface area contributed by atoms with E-state index in [-0.39, 0.29) is 51.7 Å². The monoisotopic (exact) mass is 470 g/mol. The minimum atomic E-state index is -1.00. The van der Waals surface area contributed by atoms with Gasteiger partial charge >= 0.3 is 0 Å². The molecule has 2 saturated heterocycles.